The molecular formula is C16H22N4. The van der Waals surface area contributed by atoms with Gasteiger partial charge in [-0.3, -0.25) is 4.68 Å². The zero-order valence-electron chi connectivity index (χ0n) is 12.2. The molecule has 1 aromatic carbocycles. The lowest BCUT2D eigenvalue weighted by Gasteiger charge is -2.18. The van der Waals surface area contributed by atoms with E-state index in [0.717, 1.165) is 19.1 Å². The highest BCUT2D eigenvalue weighted by atomic mass is 15.2. The molecule has 1 aliphatic carbocycles. The van der Waals surface area contributed by atoms with E-state index in [2.05, 4.69) is 52.8 Å². The van der Waals surface area contributed by atoms with Crippen LogP contribution in [-0.2, 0) is 20.1 Å². The average Bonchev–Trinajstić information content (AvgIpc) is 3.20. The molecule has 1 aromatic heterocycles. The van der Waals surface area contributed by atoms with Crippen molar-refractivity contribution in [3.8, 4) is 0 Å². The zero-order chi connectivity index (χ0) is 13.9. The normalized spacial score (nSPS) is 14.5. The summed E-state index contributed by atoms with van der Waals surface area (Å²) in [5.41, 5.74) is 3.83. The Kier molecular flexibility index (Phi) is 3.74. The van der Waals surface area contributed by atoms with Gasteiger partial charge in [0.05, 0.1) is 6.20 Å². The average molecular weight is 270 g/mol. The van der Waals surface area contributed by atoms with Crippen LogP contribution in [0.2, 0.25) is 0 Å². The van der Waals surface area contributed by atoms with E-state index in [1.807, 2.05) is 17.9 Å². The molecule has 4 nitrogen and oxygen atoms in total. The Morgan fingerprint density at radius 1 is 1.25 bits per heavy atom. The first-order valence-electron chi connectivity index (χ1n) is 7.22. The molecule has 0 bridgehead atoms. The van der Waals surface area contributed by atoms with Gasteiger partial charge in [-0.2, -0.15) is 5.10 Å². The summed E-state index contributed by atoms with van der Waals surface area (Å²) in [7, 11) is 4.07. The molecular weight excluding hydrogens is 248 g/mol. The number of rotatable bonds is 6. The Labute approximate surface area is 120 Å². The number of anilines is 1. The number of nitrogens with zero attached hydrogens (tertiary/aromatic N) is 3. The van der Waals surface area contributed by atoms with Gasteiger partial charge in [0.15, 0.2) is 0 Å². The second-order valence-electron chi connectivity index (χ2n) is 5.70. The van der Waals surface area contributed by atoms with E-state index in [1.54, 1.807) is 0 Å². The van der Waals surface area contributed by atoms with E-state index in [-0.39, 0.29) is 0 Å². The minimum atomic E-state index is 0.767. The van der Waals surface area contributed by atoms with E-state index < -0.39 is 0 Å². The highest BCUT2D eigenvalue weighted by Crippen LogP contribution is 2.20. The second kappa shape index (κ2) is 5.67. The van der Waals surface area contributed by atoms with Gasteiger partial charge in [0.2, 0.25) is 0 Å². The lowest BCUT2D eigenvalue weighted by Crippen LogP contribution is -2.17. The molecule has 0 aliphatic heterocycles. The van der Waals surface area contributed by atoms with Crippen LogP contribution in [-0.4, -0.2) is 22.9 Å². The van der Waals surface area contributed by atoms with Crippen molar-refractivity contribution in [2.75, 3.05) is 11.9 Å². The van der Waals surface area contributed by atoms with Crippen molar-refractivity contribution in [3.63, 3.8) is 0 Å². The number of aryl methyl sites for hydroxylation is 1. The molecule has 20 heavy (non-hydrogen) atoms. The molecule has 4 heteroatoms. The molecule has 0 spiro atoms. The molecule has 0 amide bonds. The molecule has 0 radical (unpaired) electrons. The highest BCUT2D eigenvalue weighted by Gasteiger charge is 2.19. The number of hydrogen-bond acceptors (Lipinski definition) is 3. The number of benzene rings is 1. The molecule has 1 fully saturated rings. The minimum Gasteiger partial charge on any atom is -0.370 e. The quantitative estimate of drug-likeness (QED) is 0.874. The SMILES string of the molecule is CN(Cc1cnn(C)c1)c1ccc(CNC2CC2)cc1. The summed E-state index contributed by atoms with van der Waals surface area (Å²) in [5, 5.41) is 7.75. The summed E-state index contributed by atoms with van der Waals surface area (Å²) in [6.07, 6.45) is 6.66. The molecule has 106 valence electrons. The van der Waals surface area contributed by atoms with Gasteiger partial charge in [0.1, 0.15) is 0 Å². The molecule has 1 aliphatic rings. The standard InChI is InChI=1S/C16H22N4/c1-19(11-14-10-18-20(2)12-14)16-7-3-13(4-8-16)9-17-15-5-6-15/h3-4,7-8,10,12,15,17H,5-6,9,11H2,1-2H3. The van der Waals surface area contributed by atoms with Crippen LogP contribution in [0, 0.1) is 0 Å². The van der Waals surface area contributed by atoms with Crippen LogP contribution in [0.5, 0.6) is 0 Å². The van der Waals surface area contributed by atoms with Gasteiger partial charge < -0.3 is 10.2 Å². The molecule has 2 aromatic rings. The van der Waals surface area contributed by atoms with Crippen LogP contribution in [0.4, 0.5) is 5.69 Å². The third-order valence-electron chi connectivity index (χ3n) is 3.73. The molecule has 3 rings (SSSR count). The number of aromatic nitrogens is 2. The largest absolute Gasteiger partial charge is 0.370 e. The first kappa shape index (κ1) is 13.2. The molecule has 0 atom stereocenters. The number of nitrogens with one attached hydrogen (secondary N) is 1. The molecule has 0 saturated heterocycles. The van der Waals surface area contributed by atoms with Crippen molar-refractivity contribution < 1.29 is 0 Å². The summed E-state index contributed by atoms with van der Waals surface area (Å²) >= 11 is 0. The van der Waals surface area contributed by atoms with Crippen LogP contribution in [0.15, 0.2) is 36.7 Å². The molecule has 1 heterocycles. The van der Waals surface area contributed by atoms with E-state index >= 15 is 0 Å². The summed E-state index contributed by atoms with van der Waals surface area (Å²) in [6, 6.07) is 9.58. The van der Waals surface area contributed by atoms with Gasteiger partial charge in [-0.1, -0.05) is 12.1 Å². The van der Waals surface area contributed by atoms with E-state index in [0.29, 0.717) is 0 Å². The zero-order valence-corrected chi connectivity index (χ0v) is 12.2. The van der Waals surface area contributed by atoms with Gasteiger partial charge >= 0.3 is 0 Å². The van der Waals surface area contributed by atoms with Crippen LogP contribution in [0.25, 0.3) is 0 Å². The Balaban J connectivity index is 1.57. The minimum absolute atomic E-state index is 0.767. The maximum atomic E-state index is 4.21. The first-order valence-corrected chi connectivity index (χ1v) is 7.22. The van der Waals surface area contributed by atoms with Gasteiger partial charge in [-0.05, 0) is 30.5 Å². The topological polar surface area (TPSA) is 33.1 Å². The maximum Gasteiger partial charge on any atom is 0.0539 e. The maximum absolute atomic E-state index is 4.21. The summed E-state index contributed by atoms with van der Waals surface area (Å²) < 4.78 is 1.84. The van der Waals surface area contributed by atoms with Gasteiger partial charge in [0, 0.05) is 50.7 Å². The summed E-state index contributed by atoms with van der Waals surface area (Å²) in [5.74, 6) is 0. The van der Waals surface area contributed by atoms with Crippen LogP contribution < -0.4 is 10.2 Å². The van der Waals surface area contributed by atoms with E-state index in [9.17, 15) is 0 Å². The van der Waals surface area contributed by atoms with E-state index in [4.69, 9.17) is 0 Å². The molecule has 1 saturated carbocycles. The van der Waals surface area contributed by atoms with Crippen LogP contribution >= 0.6 is 0 Å². The Bertz CT molecular complexity index is 554. The lowest BCUT2D eigenvalue weighted by atomic mass is 10.2. The molecule has 0 unspecified atom stereocenters. The summed E-state index contributed by atoms with van der Waals surface area (Å²) in [6.45, 7) is 1.87. The number of hydrogen-bond donors (Lipinski definition) is 1. The fraction of sp³-hybridized carbons (Fsp3) is 0.438. The smallest absolute Gasteiger partial charge is 0.0539 e. The predicted molar refractivity (Wildman–Crippen MR) is 81.6 cm³/mol. The Morgan fingerprint density at radius 3 is 2.60 bits per heavy atom. The van der Waals surface area contributed by atoms with Crippen LogP contribution in [0.3, 0.4) is 0 Å². The third-order valence-corrected chi connectivity index (χ3v) is 3.73. The fourth-order valence-corrected chi connectivity index (χ4v) is 2.34. The lowest BCUT2D eigenvalue weighted by molar-refractivity contribution is 0.688. The van der Waals surface area contributed by atoms with Gasteiger partial charge in [-0.25, -0.2) is 0 Å². The van der Waals surface area contributed by atoms with Crippen molar-refractivity contribution in [2.24, 2.45) is 7.05 Å². The third kappa shape index (κ3) is 3.39. The van der Waals surface area contributed by atoms with Crippen molar-refractivity contribution in [1.29, 1.82) is 0 Å². The summed E-state index contributed by atoms with van der Waals surface area (Å²) in [4.78, 5) is 2.25. The Morgan fingerprint density at radius 2 is 2.00 bits per heavy atom. The Hall–Kier alpha value is -1.81. The fourth-order valence-electron chi connectivity index (χ4n) is 2.34. The second-order valence-corrected chi connectivity index (χ2v) is 5.70. The van der Waals surface area contributed by atoms with Gasteiger partial charge in [0.25, 0.3) is 0 Å². The van der Waals surface area contributed by atoms with Crippen LogP contribution in [0.1, 0.15) is 24.0 Å². The van der Waals surface area contributed by atoms with Crippen molar-refractivity contribution in [2.45, 2.75) is 32.0 Å². The van der Waals surface area contributed by atoms with Gasteiger partial charge in [-0.15, -0.1) is 0 Å². The van der Waals surface area contributed by atoms with Crippen molar-refractivity contribution in [1.82, 2.24) is 15.1 Å². The van der Waals surface area contributed by atoms with Crippen molar-refractivity contribution >= 4 is 5.69 Å². The predicted octanol–water partition coefficient (Wildman–Crippen LogP) is 2.31. The monoisotopic (exact) mass is 270 g/mol. The van der Waals surface area contributed by atoms with Crippen molar-refractivity contribution in [3.05, 3.63) is 47.8 Å². The molecule has 1 N–H and O–H groups in total. The highest BCUT2D eigenvalue weighted by molar-refractivity contribution is 5.47. The van der Waals surface area contributed by atoms with E-state index in [1.165, 1.54) is 29.7 Å². The first-order chi connectivity index (χ1) is 9.70.